The second-order valence-electron chi connectivity index (χ2n) is 11.2. The van der Waals surface area contributed by atoms with Crippen LogP contribution in [0, 0.1) is 5.82 Å². The fourth-order valence-corrected chi connectivity index (χ4v) is 7.53. The first-order valence-corrected chi connectivity index (χ1v) is 16.8. The van der Waals surface area contributed by atoms with Crippen molar-refractivity contribution in [2.45, 2.75) is 48.9 Å². The number of benzene rings is 1. The summed E-state index contributed by atoms with van der Waals surface area (Å²) in [4.78, 5) is 79.3. The summed E-state index contributed by atoms with van der Waals surface area (Å²) in [6.45, 7) is 0.149. The van der Waals surface area contributed by atoms with Gasteiger partial charge in [-0.3, -0.25) is 0 Å². The zero-order valence-electron chi connectivity index (χ0n) is 24.7. The van der Waals surface area contributed by atoms with Gasteiger partial charge in [0.05, 0.1) is 0 Å². The number of carboxylic acid groups (broad SMARTS) is 2. The van der Waals surface area contributed by atoms with E-state index in [-0.39, 0.29) is 55.4 Å². The summed E-state index contributed by atoms with van der Waals surface area (Å²) >= 11 is -1.61. The van der Waals surface area contributed by atoms with Crippen molar-refractivity contribution in [2.24, 2.45) is 0 Å². The number of carboxylic acids is 1. The molecule has 17 heteroatoms. The van der Waals surface area contributed by atoms with Crippen LogP contribution in [0.5, 0.6) is 5.88 Å². The molecule has 2 aliphatic heterocycles. The van der Waals surface area contributed by atoms with Gasteiger partial charge in [-0.1, -0.05) is 0 Å². The first kappa shape index (κ1) is 32.9. The molecule has 2 aromatic rings. The van der Waals surface area contributed by atoms with E-state index in [2.05, 4.69) is 10.4 Å². The van der Waals surface area contributed by atoms with E-state index in [4.69, 9.17) is 4.74 Å². The van der Waals surface area contributed by atoms with E-state index in [9.17, 15) is 43.4 Å². The molecule has 1 aromatic carbocycles. The third kappa shape index (κ3) is 8.03. The van der Waals surface area contributed by atoms with Gasteiger partial charge in [0.2, 0.25) is 0 Å². The molecular weight excluding hydrogens is 670 g/mol. The van der Waals surface area contributed by atoms with Gasteiger partial charge in [-0.15, -0.1) is 0 Å². The van der Waals surface area contributed by atoms with E-state index in [0.717, 1.165) is 28.5 Å². The van der Waals surface area contributed by atoms with Gasteiger partial charge < -0.3 is 0 Å². The standard InChI is InChI=1S/C29H33AsFN6O9/c31-17-3-1-4-19(13-17)37-24(46-16-23(38)36-8-2-5-22(36)27(42)32-18-6-7-18)15-21(33-37)26(41)30-20(14-25(39)40)28(43)34-9-11-35(12-10-34)29(44)45/h1,3-4,13,15,18,20,22H,2,5-12,14,16H2,(H,32,42)(H,39,40)(H,44,45)/t20-,22-/m0/s1. The molecule has 0 bridgehead atoms. The molecule has 1 aliphatic carbocycles. The van der Waals surface area contributed by atoms with Crippen LogP contribution in [0.4, 0.5) is 9.18 Å². The Kier molecular flexibility index (Phi) is 10.2. The summed E-state index contributed by atoms with van der Waals surface area (Å²) in [6, 6.07) is 6.09. The number of piperazine rings is 1. The second-order valence-corrected chi connectivity index (χ2v) is 13.9. The molecule has 3 N–H and O–H groups in total. The number of hydrogen-bond donors (Lipinski definition) is 3. The van der Waals surface area contributed by atoms with E-state index < -0.39 is 73.8 Å². The molecule has 1 radical (unpaired) electrons. The molecule has 46 heavy (non-hydrogen) atoms. The number of nitrogens with one attached hydrogen (secondary N) is 1. The summed E-state index contributed by atoms with van der Waals surface area (Å²) in [7, 11) is 0. The van der Waals surface area contributed by atoms with Crippen LogP contribution >= 0.6 is 0 Å². The summed E-state index contributed by atoms with van der Waals surface area (Å²) in [6.07, 6.45) is 1.29. The molecule has 0 unspecified atom stereocenters. The van der Waals surface area contributed by atoms with Crippen molar-refractivity contribution in [1.29, 1.82) is 0 Å². The zero-order chi connectivity index (χ0) is 33.0. The summed E-state index contributed by atoms with van der Waals surface area (Å²) in [5, 5.41) is 25.8. The predicted molar refractivity (Wildman–Crippen MR) is 157 cm³/mol. The average Bonchev–Trinajstić information content (AvgIpc) is 3.51. The van der Waals surface area contributed by atoms with E-state index >= 15 is 0 Å². The quantitative estimate of drug-likeness (QED) is 0.264. The summed E-state index contributed by atoms with van der Waals surface area (Å²) in [5.74, 6) is -3.14. The second kappa shape index (κ2) is 14.3. The Morgan fingerprint density at radius 1 is 1.00 bits per heavy atom. The average molecular weight is 704 g/mol. The van der Waals surface area contributed by atoms with Gasteiger partial charge in [0.1, 0.15) is 0 Å². The molecule has 2 saturated heterocycles. The number of amides is 4. The van der Waals surface area contributed by atoms with Gasteiger partial charge in [0, 0.05) is 0 Å². The number of rotatable bonds is 12. The van der Waals surface area contributed by atoms with E-state index in [0.29, 0.717) is 19.4 Å². The first-order valence-electron chi connectivity index (χ1n) is 14.8. The van der Waals surface area contributed by atoms with Crippen LogP contribution in [-0.4, -0.2) is 136 Å². The van der Waals surface area contributed by atoms with Crippen molar-refractivity contribution in [3.05, 3.63) is 41.8 Å². The van der Waals surface area contributed by atoms with Gasteiger partial charge in [-0.25, -0.2) is 0 Å². The molecule has 3 heterocycles. The molecule has 245 valence electrons. The topological polar surface area (TPSA) is 192 Å². The number of aromatic nitrogens is 2. The number of ether oxygens (including phenoxy) is 1. The predicted octanol–water partition coefficient (Wildman–Crippen LogP) is 0.590. The van der Waals surface area contributed by atoms with Gasteiger partial charge in [0.25, 0.3) is 0 Å². The molecule has 0 spiro atoms. The monoisotopic (exact) mass is 703 g/mol. The Labute approximate surface area is 269 Å². The Balaban J connectivity index is 1.31. The Morgan fingerprint density at radius 2 is 1.72 bits per heavy atom. The number of likely N-dealkylation sites (tertiary alicyclic amines) is 1. The van der Waals surface area contributed by atoms with Gasteiger partial charge in [0.15, 0.2) is 0 Å². The minimum atomic E-state index is -1.61. The van der Waals surface area contributed by atoms with Crippen LogP contribution in [0.25, 0.3) is 5.69 Å². The molecule has 4 amide bonds. The van der Waals surface area contributed by atoms with Crippen LogP contribution in [0.15, 0.2) is 30.3 Å². The van der Waals surface area contributed by atoms with Gasteiger partial charge in [-0.2, -0.15) is 0 Å². The Morgan fingerprint density at radius 3 is 2.37 bits per heavy atom. The molecule has 2 atom stereocenters. The van der Waals surface area contributed by atoms with Crippen LogP contribution in [0.1, 0.15) is 42.6 Å². The van der Waals surface area contributed by atoms with Crippen molar-refractivity contribution >= 4 is 50.1 Å². The summed E-state index contributed by atoms with van der Waals surface area (Å²) in [5.41, 5.74) is 0.0310. The normalized spacial score (nSPS) is 18.9. The molecule has 1 aromatic heterocycles. The third-order valence-electron chi connectivity index (χ3n) is 7.88. The number of carbonyl (C=O) groups excluding carboxylic acids is 4. The van der Waals surface area contributed by atoms with Crippen LogP contribution in [0.2, 0.25) is 4.71 Å². The fraction of sp³-hybridized carbons (Fsp3) is 0.483. The fourth-order valence-electron chi connectivity index (χ4n) is 5.34. The van der Waals surface area contributed by atoms with Crippen molar-refractivity contribution < 1.29 is 48.1 Å². The molecule has 3 aliphatic rings. The van der Waals surface area contributed by atoms with Crippen LogP contribution < -0.4 is 10.1 Å². The third-order valence-corrected chi connectivity index (χ3v) is 10.4. The number of aliphatic carboxylic acids is 1. The van der Waals surface area contributed by atoms with Crippen molar-refractivity contribution in [1.82, 2.24) is 29.8 Å². The number of halogens is 1. The van der Waals surface area contributed by atoms with Crippen LogP contribution in [-0.2, 0) is 19.2 Å². The van der Waals surface area contributed by atoms with Crippen molar-refractivity contribution in [3.8, 4) is 11.6 Å². The summed E-state index contributed by atoms with van der Waals surface area (Å²) < 4.78 is 19.3. The molecule has 1 saturated carbocycles. The minimum absolute atomic E-state index is 0.0616. The van der Waals surface area contributed by atoms with E-state index in [1.54, 1.807) is 0 Å². The molecule has 15 nitrogen and oxygen atoms in total. The number of carbonyl (C=O) groups is 6. The maximum atomic E-state index is 14.1. The first-order chi connectivity index (χ1) is 22.0. The molecule has 3 fully saturated rings. The molecular formula is C29H33AsFN6O9. The van der Waals surface area contributed by atoms with Gasteiger partial charge >= 0.3 is 257 Å². The SMILES string of the molecule is O=C(O)C[C@H]([As]C(=O)c1cc(OCC(=O)N2CCC[C@H]2C(=O)NC2CC2)n(-c2cccc(F)c2)n1)C(=O)N1CCN(C(=O)O)CC1. The van der Waals surface area contributed by atoms with Gasteiger partial charge in [-0.05, 0) is 12.8 Å². The van der Waals surface area contributed by atoms with Crippen molar-refractivity contribution in [2.75, 3.05) is 39.3 Å². The van der Waals surface area contributed by atoms with E-state index in [1.807, 2.05) is 0 Å². The van der Waals surface area contributed by atoms with Crippen molar-refractivity contribution in [3.63, 3.8) is 0 Å². The molecule has 5 rings (SSSR count). The van der Waals surface area contributed by atoms with Crippen LogP contribution in [0.3, 0.4) is 0 Å². The number of nitrogens with zero attached hydrogens (tertiary/aromatic N) is 5. The number of hydrogen-bond acceptors (Lipinski definition) is 8. The van der Waals surface area contributed by atoms with E-state index in [1.165, 1.54) is 34.1 Å². The maximum absolute atomic E-state index is 14.1. The Hall–Kier alpha value is -4.46. The zero-order valence-corrected chi connectivity index (χ0v) is 26.6. The Bertz CT molecular complexity index is 1520.